The molecule has 1 aromatic heterocycles. The fraction of sp³-hybridized carbons (Fsp3) is 0.292. The Balaban J connectivity index is 1.70. The highest BCUT2D eigenvalue weighted by Crippen LogP contribution is 2.30. The first-order chi connectivity index (χ1) is 13.8. The predicted octanol–water partition coefficient (Wildman–Crippen LogP) is 5.09. The number of ether oxygens (including phenoxy) is 1. The maximum absolute atomic E-state index is 14.0. The zero-order valence-electron chi connectivity index (χ0n) is 15.9. The van der Waals surface area contributed by atoms with Crippen LogP contribution in [0.2, 0.25) is 0 Å². The van der Waals surface area contributed by atoms with Crippen molar-refractivity contribution in [3.63, 3.8) is 0 Å². The molecule has 3 aromatic rings. The van der Waals surface area contributed by atoms with Gasteiger partial charge in [-0.2, -0.15) is 0 Å². The molecule has 1 aliphatic heterocycles. The summed E-state index contributed by atoms with van der Waals surface area (Å²) in [5, 5.41) is 2.08. The van der Waals surface area contributed by atoms with Crippen LogP contribution in [0.15, 0.2) is 78.2 Å². The van der Waals surface area contributed by atoms with E-state index in [1.165, 1.54) is 4.88 Å². The van der Waals surface area contributed by atoms with Gasteiger partial charge in [0.25, 0.3) is 0 Å². The van der Waals surface area contributed by atoms with E-state index in [9.17, 15) is 4.79 Å². The summed E-state index contributed by atoms with van der Waals surface area (Å²) in [6.45, 7) is 2.11. The van der Waals surface area contributed by atoms with Crippen molar-refractivity contribution in [2.24, 2.45) is 0 Å². The third kappa shape index (κ3) is 4.34. The van der Waals surface area contributed by atoms with Crippen molar-refractivity contribution in [1.29, 1.82) is 0 Å². The highest BCUT2D eigenvalue weighted by molar-refractivity contribution is 7.09. The molecule has 0 atom stereocenters. The second kappa shape index (κ2) is 9.18. The lowest BCUT2D eigenvalue weighted by Gasteiger charge is -2.36. The SMILES string of the molecule is O=C(C(c1ccccc1)c1ccccc1)N(Cc1cccs1)C1CCOCC1. The minimum Gasteiger partial charge on any atom is -0.381 e. The molecule has 0 N–H and O–H groups in total. The van der Waals surface area contributed by atoms with Crippen LogP contribution in [0.4, 0.5) is 0 Å². The summed E-state index contributed by atoms with van der Waals surface area (Å²) in [4.78, 5) is 17.3. The fourth-order valence-corrected chi connectivity index (χ4v) is 4.59. The van der Waals surface area contributed by atoms with Crippen molar-refractivity contribution in [1.82, 2.24) is 4.90 Å². The number of amides is 1. The van der Waals surface area contributed by atoms with Gasteiger partial charge in [-0.15, -0.1) is 11.3 Å². The van der Waals surface area contributed by atoms with E-state index in [-0.39, 0.29) is 17.9 Å². The van der Waals surface area contributed by atoms with E-state index in [4.69, 9.17) is 4.74 Å². The minimum absolute atomic E-state index is 0.178. The third-order valence-electron chi connectivity index (χ3n) is 5.33. The molecule has 0 radical (unpaired) electrons. The van der Waals surface area contributed by atoms with Gasteiger partial charge in [0.15, 0.2) is 0 Å². The largest absolute Gasteiger partial charge is 0.381 e. The van der Waals surface area contributed by atoms with Gasteiger partial charge in [-0.1, -0.05) is 66.7 Å². The van der Waals surface area contributed by atoms with Crippen molar-refractivity contribution >= 4 is 17.2 Å². The molecule has 4 rings (SSSR count). The maximum Gasteiger partial charge on any atom is 0.235 e. The molecule has 2 heterocycles. The Hall–Kier alpha value is -2.43. The summed E-state index contributed by atoms with van der Waals surface area (Å²) in [5.41, 5.74) is 2.09. The molecule has 28 heavy (non-hydrogen) atoms. The maximum atomic E-state index is 14.0. The Bertz CT molecular complexity index is 819. The first-order valence-corrected chi connectivity index (χ1v) is 10.7. The number of hydrogen-bond acceptors (Lipinski definition) is 3. The second-order valence-electron chi connectivity index (χ2n) is 7.14. The lowest BCUT2D eigenvalue weighted by molar-refractivity contribution is -0.136. The summed E-state index contributed by atoms with van der Waals surface area (Å²) in [5.74, 6) is -0.108. The lowest BCUT2D eigenvalue weighted by atomic mass is 9.89. The number of nitrogens with zero attached hydrogens (tertiary/aromatic N) is 1. The Kier molecular flexibility index (Phi) is 6.20. The summed E-state index contributed by atoms with van der Waals surface area (Å²) in [6, 6.07) is 24.7. The number of benzene rings is 2. The van der Waals surface area contributed by atoms with Crippen molar-refractivity contribution in [2.75, 3.05) is 13.2 Å². The van der Waals surface area contributed by atoms with Gasteiger partial charge in [0.1, 0.15) is 0 Å². The molecule has 1 fully saturated rings. The highest BCUT2D eigenvalue weighted by atomic mass is 32.1. The van der Waals surface area contributed by atoms with Gasteiger partial charge >= 0.3 is 0 Å². The van der Waals surface area contributed by atoms with E-state index in [0.29, 0.717) is 6.54 Å². The summed E-state index contributed by atoms with van der Waals surface area (Å²) in [6.07, 6.45) is 1.79. The van der Waals surface area contributed by atoms with Crippen molar-refractivity contribution < 1.29 is 9.53 Å². The van der Waals surface area contributed by atoms with Crippen LogP contribution in [0.25, 0.3) is 0 Å². The van der Waals surface area contributed by atoms with Gasteiger partial charge in [-0.05, 0) is 35.4 Å². The van der Waals surface area contributed by atoms with Crippen molar-refractivity contribution in [2.45, 2.75) is 31.3 Å². The zero-order valence-corrected chi connectivity index (χ0v) is 16.7. The fourth-order valence-electron chi connectivity index (χ4n) is 3.89. The molecule has 0 aliphatic carbocycles. The van der Waals surface area contributed by atoms with Gasteiger partial charge in [0.05, 0.1) is 12.5 Å². The molecule has 144 valence electrons. The van der Waals surface area contributed by atoms with E-state index >= 15 is 0 Å². The van der Waals surface area contributed by atoms with Gasteiger partial charge in [-0.25, -0.2) is 0 Å². The number of carbonyl (C=O) groups excluding carboxylic acids is 1. The van der Waals surface area contributed by atoms with E-state index < -0.39 is 0 Å². The van der Waals surface area contributed by atoms with Gasteiger partial charge < -0.3 is 9.64 Å². The average Bonchev–Trinajstić information content (AvgIpc) is 3.28. The number of carbonyl (C=O) groups is 1. The molecule has 1 aliphatic rings. The molecule has 3 nitrogen and oxygen atoms in total. The summed E-state index contributed by atoms with van der Waals surface area (Å²) < 4.78 is 5.56. The molecule has 0 saturated carbocycles. The summed E-state index contributed by atoms with van der Waals surface area (Å²) in [7, 11) is 0. The Morgan fingerprint density at radius 1 is 0.929 bits per heavy atom. The number of rotatable bonds is 6. The van der Waals surface area contributed by atoms with Crippen molar-refractivity contribution in [3.8, 4) is 0 Å². The average molecular weight is 392 g/mol. The Morgan fingerprint density at radius 3 is 2.07 bits per heavy atom. The molecular formula is C24H25NO2S. The van der Waals surface area contributed by atoms with E-state index in [1.54, 1.807) is 11.3 Å². The monoisotopic (exact) mass is 391 g/mol. The third-order valence-corrected chi connectivity index (χ3v) is 6.19. The zero-order chi connectivity index (χ0) is 19.2. The molecule has 2 aromatic carbocycles. The predicted molar refractivity (Wildman–Crippen MR) is 113 cm³/mol. The van der Waals surface area contributed by atoms with Crippen LogP contribution < -0.4 is 0 Å². The first-order valence-electron chi connectivity index (χ1n) is 9.83. The summed E-state index contributed by atoms with van der Waals surface area (Å²) >= 11 is 1.71. The van der Waals surface area contributed by atoms with E-state index in [2.05, 4.69) is 46.7 Å². The van der Waals surface area contributed by atoms with Crippen LogP contribution >= 0.6 is 11.3 Å². The van der Waals surface area contributed by atoms with Crippen LogP contribution in [0.5, 0.6) is 0 Å². The molecule has 0 bridgehead atoms. The minimum atomic E-state index is -0.287. The molecule has 1 saturated heterocycles. The molecular weight excluding hydrogens is 366 g/mol. The van der Waals surface area contributed by atoms with Crippen molar-refractivity contribution in [3.05, 3.63) is 94.2 Å². The van der Waals surface area contributed by atoms with Gasteiger partial charge in [0, 0.05) is 24.1 Å². The molecule has 0 spiro atoms. The number of thiophene rings is 1. The standard InChI is InChI=1S/C24H25NO2S/c26-24(23(19-8-3-1-4-9-19)20-10-5-2-6-11-20)25(18-22-12-7-17-28-22)21-13-15-27-16-14-21/h1-12,17,21,23H,13-16,18H2. The molecule has 0 unspecified atom stereocenters. The Morgan fingerprint density at radius 2 is 1.54 bits per heavy atom. The molecule has 1 amide bonds. The smallest absolute Gasteiger partial charge is 0.235 e. The molecule has 4 heteroatoms. The highest BCUT2D eigenvalue weighted by Gasteiger charge is 2.32. The van der Waals surface area contributed by atoms with Crippen LogP contribution in [-0.2, 0) is 16.1 Å². The van der Waals surface area contributed by atoms with Crippen LogP contribution in [0.3, 0.4) is 0 Å². The van der Waals surface area contributed by atoms with Gasteiger partial charge in [-0.3, -0.25) is 4.79 Å². The quantitative estimate of drug-likeness (QED) is 0.586. The normalized spacial score (nSPS) is 14.9. The van der Waals surface area contributed by atoms with Crippen LogP contribution in [-0.4, -0.2) is 30.1 Å². The van der Waals surface area contributed by atoms with E-state index in [0.717, 1.165) is 37.2 Å². The van der Waals surface area contributed by atoms with Crippen LogP contribution in [0, 0.1) is 0 Å². The van der Waals surface area contributed by atoms with Gasteiger partial charge in [0.2, 0.25) is 5.91 Å². The van der Waals surface area contributed by atoms with Crippen LogP contribution in [0.1, 0.15) is 34.8 Å². The lowest BCUT2D eigenvalue weighted by Crippen LogP contribution is -2.45. The number of hydrogen-bond donors (Lipinski definition) is 0. The Labute approximate surface area is 170 Å². The second-order valence-corrected chi connectivity index (χ2v) is 8.18. The first kappa shape index (κ1) is 18.9. The van der Waals surface area contributed by atoms with E-state index in [1.807, 2.05) is 36.4 Å². The topological polar surface area (TPSA) is 29.5 Å².